The molecule has 1 aromatic rings. The zero-order valence-electron chi connectivity index (χ0n) is 12.8. The number of carbonyl (C=O) groups excluding carboxylic acids is 1. The number of benzene rings is 1. The van der Waals surface area contributed by atoms with Crippen LogP contribution in [0.5, 0.6) is 11.5 Å². The van der Waals surface area contributed by atoms with Gasteiger partial charge in [-0.15, -0.1) is 0 Å². The molecule has 1 aliphatic heterocycles. The van der Waals surface area contributed by atoms with Gasteiger partial charge in [0.2, 0.25) is 0 Å². The number of carbonyl (C=O) groups is 2. The van der Waals surface area contributed by atoms with Gasteiger partial charge in [-0.05, 0) is 31.5 Å². The molecule has 1 atom stereocenters. The molecule has 0 saturated heterocycles. The summed E-state index contributed by atoms with van der Waals surface area (Å²) in [5, 5.41) is 11.9. The summed E-state index contributed by atoms with van der Waals surface area (Å²) in [6.45, 7) is 4.49. The van der Waals surface area contributed by atoms with Crippen LogP contribution < -0.4 is 14.8 Å². The van der Waals surface area contributed by atoms with Gasteiger partial charge >= 0.3 is 5.97 Å². The number of hydrogen-bond acceptors (Lipinski definition) is 4. The van der Waals surface area contributed by atoms with Gasteiger partial charge in [-0.3, -0.25) is 4.79 Å². The van der Waals surface area contributed by atoms with Crippen LogP contribution in [0.15, 0.2) is 18.2 Å². The van der Waals surface area contributed by atoms with Crippen molar-refractivity contribution in [2.75, 3.05) is 13.2 Å². The Bertz CT molecular complexity index is 572. The molecule has 0 spiro atoms. The van der Waals surface area contributed by atoms with Gasteiger partial charge in [0.15, 0.2) is 11.5 Å². The number of nitrogens with one attached hydrogen (secondary N) is 1. The smallest absolute Gasteiger partial charge is 0.329 e. The second-order valence-corrected chi connectivity index (χ2v) is 5.55. The third-order valence-electron chi connectivity index (χ3n) is 3.62. The van der Waals surface area contributed by atoms with Crippen molar-refractivity contribution in [3.05, 3.63) is 23.8 Å². The van der Waals surface area contributed by atoms with E-state index in [1.807, 2.05) is 6.92 Å². The van der Waals surface area contributed by atoms with E-state index >= 15 is 0 Å². The molecule has 1 unspecified atom stereocenters. The Hall–Kier alpha value is -2.24. The average molecular weight is 307 g/mol. The maximum Gasteiger partial charge on any atom is 0.329 e. The molecule has 0 fully saturated rings. The van der Waals surface area contributed by atoms with E-state index in [0.717, 1.165) is 6.42 Å². The van der Waals surface area contributed by atoms with E-state index in [0.29, 0.717) is 43.1 Å². The van der Waals surface area contributed by atoms with Crippen molar-refractivity contribution in [1.82, 2.24) is 5.32 Å². The SMILES string of the molecule is CCCC(C)(NC(=O)c1ccc2c(c1)OCCCO2)C(=O)O. The largest absolute Gasteiger partial charge is 0.490 e. The number of carboxylic acids is 1. The number of rotatable bonds is 5. The van der Waals surface area contributed by atoms with Crippen molar-refractivity contribution < 1.29 is 24.2 Å². The minimum Gasteiger partial charge on any atom is -0.490 e. The van der Waals surface area contributed by atoms with Crippen LogP contribution in [0.3, 0.4) is 0 Å². The molecular weight excluding hydrogens is 286 g/mol. The summed E-state index contributed by atoms with van der Waals surface area (Å²) < 4.78 is 11.1. The van der Waals surface area contributed by atoms with Crippen LogP contribution >= 0.6 is 0 Å². The fourth-order valence-corrected chi connectivity index (χ4v) is 2.35. The quantitative estimate of drug-likeness (QED) is 0.871. The molecule has 0 bridgehead atoms. The maximum absolute atomic E-state index is 12.3. The van der Waals surface area contributed by atoms with E-state index < -0.39 is 17.4 Å². The van der Waals surface area contributed by atoms with Gasteiger partial charge in [-0.25, -0.2) is 4.79 Å². The molecule has 1 amide bonds. The summed E-state index contributed by atoms with van der Waals surface area (Å²) in [4.78, 5) is 23.7. The van der Waals surface area contributed by atoms with Crippen molar-refractivity contribution in [3.63, 3.8) is 0 Å². The highest BCUT2D eigenvalue weighted by Gasteiger charge is 2.34. The summed E-state index contributed by atoms with van der Waals surface area (Å²) in [7, 11) is 0. The number of fused-ring (bicyclic) bond motifs is 1. The second-order valence-electron chi connectivity index (χ2n) is 5.55. The summed E-state index contributed by atoms with van der Waals surface area (Å²) in [5.41, 5.74) is -0.927. The minimum absolute atomic E-state index is 0.354. The summed E-state index contributed by atoms with van der Waals surface area (Å²) in [6.07, 6.45) is 1.80. The predicted octanol–water partition coefficient (Wildman–Crippen LogP) is 2.22. The molecule has 0 saturated carbocycles. The molecule has 2 rings (SSSR count). The van der Waals surface area contributed by atoms with E-state index in [1.54, 1.807) is 18.2 Å². The third kappa shape index (κ3) is 3.50. The molecule has 1 aliphatic rings. The van der Waals surface area contributed by atoms with Crippen LogP contribution in [0.2, 0.25) is 0 Å². The highest BCUT2D eigenvalue weighted by atomic mass is 16.5. The van der Waals surface area contributed by atoms with Gasteiger partial charge in [0, 0.05) is 12.0 Å². The van der Waals surface area contributed by atoms with E-state index in [9.17, 15) is 14.7 Å². The Balaban J connectivity index is 2.19. The molecule has 0 aromatic heterocycles. The molecule has 0 aliphatic carbocycles. The van der Waals surface area contributed by atoms with Crippen molar-refractivity contribution in [2.24, 2.45) is 0 Å². The standard InChI is InChI=1S/C16H21NO5/c1-3-7-16(2,15(19)20)17-14(18)11-5-6-12-13(10-11)22-9-4-8-21-12/h5-6,10H,3-4,7-9H2,1-2H3,(H,17,18)(H,19,20). The number of ether oxygens (including phenoxy) is 2. The van der Waals surface area contributed by atoms with E-state index in [1.165, 1.54) is 6.92 Å². The average Bonchev–Trinajstić information content (AvgIpc) is 2.71. The highest BCUT2D eigenvalue weighted by molar-refractivity contribution is 5.98. The van der Waals surface area contributed by atoms with Gasteiger partial charge in [-0.2, -0.15) is 0 Å². The normalized spacial score (nSPS) is 16.3. The van der Waals surface area contributed by atoms with Crippen LogP contribution in [-0.2, 0) is 4.79 Å². The van der Waals surface area contributed by atoms with Gasteiger partial charge in [-0.1, -0.05) is 13.3 Å². The first kappa shape index (κ1) is 16.1. The van der Waals surface area contributed by atoms with E-state index in [2.05, 4.69) is 5.32 Å². The van der Waals surface area contributed by atoms with E-state index in [4.69, 9.17) is 9.47 Å². The first-order valence-corrected chi connectivity index (χ1v) is 7.42. The van der Waals surface area contributed by atoms with Crippen molar-refractivity contribution in [3.8, 4) is 11.5 Å². The second kappa shape index (κ2) is 6.68. The molecule has 6 nitrogen and oxygen atoms in total. The minimum atomic E-state index is -1.28. The van der Waals surface area contributed by atoms with Gasteiger partial charge in [0.05, 0.1) is 13.2 Å². The first-order chi connectivity index (χ1) is 10.5. The Morgan fingerprint density at radius 1 is 1.27 bits per heavy atom. The van der Waals surface area contributed by atoms with Crippen LogP contribution in [-0.4, -0.2) is 35.7 Å². The number of aliphatic carboxylic acids is 1. The Morgan fingerprint density at radius 2 is 1.95 bits per heavy atom. The lowest BCUT2D eigenvalue weighted by Gasteiger charge is -2.25. The summed E-state index contributed by atoms with van der Waals surface area (Å²) in [5.74, 6) is -0.368. The fraction of sp³-hybridized carbons (Fsp3) is 0.500. The number of carboxylic acid groups (broad SMARTS) is 1. The lowest BCUT2D eigenvalue weighted by atomic mass is 9.95. The van der Waals surface area contributed by atoms with Gasteiger partial charge < -0.3 is 19.9 Å². The highest BCUT2D eigenvalue weighted by Crippen LogP contribution is 2.30. The van der Waals surface area contributed by atoms with Gasteiger partial charge in [0.25, 0.3) is 5.91 Å². The monoisotopic (exact) mass is 307 g/mol. The molecular formula is C16H21NO5. The third-order valence-corrected chi connectivity index (χ3v) is 3.62. The lowest BCUT2D eigenvalue weighted by molar-refractivity contribution is -0.144. The van der Waals surface area contributed by atoms with Crippen molar-refractivity contribution in [1.29, 1.82) is 0 Å². The zero-order valence-corrected chi connectivity index (χ0v) is 12.8. The van der Waals surface area contributed by atoms with Crippen LogP contribution in [0.1, 0.15) is 43.5 Å². The molecule has 6 heteroatoms. The molecule has 2 N–H and O–H groups in total. The Kier molecular flexibility index (Phi) is 4.90. The van der Waals surface area contributed by atoms with Crippen molar-refractivity contribution >= 4 is 11.9 Å². The molecule has 0 radical (unpaired) electrons. The molecule has 22 heavy (non-hydrogen) atoms. The number of amides is 1. The lowest BCUT2D eigenvalue weighted by Crippen LogP contribution is -2.52. The van der Waals surface area contributed by atoms with Crippen LogP contribution in [0, 0.1) is 0 Å². The molecule has 1 aromatic carbocycles. The summed E-state index contributed by atoms with van der Waals surface area (Å²) in [6, 6.07) is 4.87. The number of hydrogen-bond donors (Lipinski definition) is 2. The maximum atomic E-state index is 12.3. The zero-order chi connectivity index (χ0) is 16.2. The first-order valence-electron chi connectivity index (χ1n) is 7.42. The van der Waals surface area contributed by atoms with Gasteiger partial charge in [0.1, 0.15) is 5.54 Å². The molecule has 120 valence electrons. The van der Waals surface area contributed by atoms with E-state index in [-0.39, 0.29) is 0 Å². The van der Waals surface area contributed by atoms with Crippen LogP contribution in [0.4, 0.5) is 0 Å². The summed E-state index contributed by atoms with van der Waals surface area (Å²) >= 11 is 0. The fourth-order valence-electron chi connectivity index (χ4n) is 2.35. The van der Waals surface area contributed by atoms with Crippen molar-refractivity contribution in [2.45, 2.75) is 38.6 Å². The molecule has 1 heterocycles. The predicted molar refractivity (Wildman–Crippen MR) is 80.5 cm³/mol. The topological polar surface area (TPSA) is 84.9 Å². The Morgan fingerprint density at radius 3 is 2.59 bits per heavy atom. The Labute approximate surface area is 129 Å². The van der Waals surface area contributed by atoms with Crippen LogP contribution in [0.25, 0.3) is 0 Å².